The summed E-state index contributed by atoms with van der Waals surface area (Å²) >= 11 is 12.2. The summed E-state index contributed by atoms with van der Waals surface area (Å²) in [5, 5.41) is 12.5. The fourth-order valence-corrected chi connectivity index (χ4v) is 2.66. The van der Waals surface area contributed by atoms with Gasteiger partial charge in [0.25, 0.3) is 0 Å². The third-order valence-corrected chi connectivity index (χ3v) is 4.10. The van der Waals surface area contributed by atoms with E-state index in [0.717, 1.165) is 16.5 Å². The molecule has 0 aliphatic heterocycles. The minimum atomic E-state index is -0.864. The molecule has 0 radical (unpaired) electrons. The lowest BCUT2D eigenvalue weighted by Crippen LogP contribution is -2.00. The topological polar surface area (TPSA) is 33.4 Å². The molecular formula is C16H12Cl2O2. The van der Waals surface area contributed by atoms with Crippen molar-refractivity contribution in [1.82, 2.24) is 0 Å². The zero-order valence-corrected chi connectivity index (χ0v) is 12.2. The van der Waals surface area contributed by atoms with Crippen LogP contribution in [-0.4, -0.2) is 5.11 Å². The summed E-state index contributed by atoms with van der Waals surface area (Å²) in [5.74, 6) is 0.457. The minimum Gasteiger partial charge on any atom is -0.456 e. The Morgan fingerprint density at radius 1 is 1.05 bits per heavy atom. The molecule has 1 aromatic heterocycles. The maximum absolute atomic E-state index is 10.5. The van der Waals surface area contributed by atoms with Crippen molar-refractivity contribution in [2.45, 2.75) is 13.0 Å². The van der Waals surface area contributed by atoms with Gasteiger partial charge in [-0.25, -0.2) is 0 Å². The number of rotatable bonds is 2. The number of aliphatic hydroxyl groups is 1. The van der Waals surface area contributed by atoms with Crippen molar-refractivity contribution >= 4 is 34.2 Å². The fourth-order valence-electron chi connectivity index (χ4n) is 2.26. The Labute approximate surface area is 126 Å². The lowest BCUT2D eigenvalue weighted by atomic mass is 10.0. The van der Waals surface area contributed by atoms with Gasteiger partial charge >= 0.3 is 0 Å². The second-order valence-corrected chi connectivity index (χ2v) is 5.48. The van der Waals surface area contributed by atoms with Crippen LogP contribution in [0.5, 0.6) is 0 Å². The van der Waals surface area contributed by atoms with Crippen LogP contribution in [0.25, 0.3) is 11.0 Å². The van der Waals surface area contributed by atoms with E-state index in [2.05, 4.69) is 0 Å². The number of halogens is 2. The lowest BCUT2D eigenvalue weighted by molar-refractivity contribution is 0.191. The highest BCUT2D eigenvalue weighted by atomic mass is 35.5. The van der Waals surface area contributed by atoms with Crippen molar-refractivity contribution < 1.29 is 9.52 Å². The van der Waals surface area contributed by atoms with Crippen LogP contribution in [0.15, 0.2) is 46.9 Å². The number of furan rings is 1. The molecule has 0 saturated heterocycles. The van der Waals surface area contributed by atoms with Crippen LogP contribution >= 0.6 is 23.2 Å². The molecule has 0 spiro atoms. The molecular weight excluding hydrogens is 295 g/mol. The number of benzene rings is 2. The SMILES string of the molecule is Cc1c(Cl)cccc1C(O)c1cc2cccc(Cl)c2o1. The van der Waals surface area contributed by atoms with Gasteiger partial charge in [0.1, 0.15) is 11.9 Å². The average molecular weight is 307 g/mol. The average Bonchev–Trinajstić information content (AvgIpc) is 2.87. The van der Waals surface area contributed by atoms with Gasteiger partial charge < -0.3 is 9.52 Å². The highest BCUT2D eigenvalue weighted by Gasteiger charge is 2.19. The second-order valence-electron chi connectivity index (χ2n) is 4.66. The van der Waals surface area contributed by atoms with Gasteiger partial charge in [-0.15, -0.1) is 0 Å². The van der Waals surface area contributed by atoms with Crippen molar-refractivity contribution in [3.05, 3.63) is 69.4 Å². The van der Waals surface area contributed by atoms with Crippen molar-refractivity contribution in [3.63, 3.8) is 0 Å². The van der Waals surface area contributed by atoms with Gasteiger partial charge in [-0.3, -0.25) is 0 Å². The molecule has 0 saturated carbocycles. The third kappa shape index (κ3) is 2.20. The summed E-state index contributed by atoms with van der Waals surface area (Å²) in [6.45, 7) is 1.87. The highest BCUT2D eigenvalue weighted by molar-refractivity contribution is 6.34. The van der Waals surface area contributed by atoms with Crippen LogP contribution in [0.4, 0.5) is 0 Å². The van der Waals surface area contributed by atoms with Crippen LogP contribution < -0.4 is 0 Å². The van der Waals surface area contributed by atoms with Gasteiger partial charge in [0, 0.05) is 10.4 Å². The van der Waals surface area contributed by atoms with Gasteiger partial charge in [0.05, 0.1) is 5.02 Å². The van der Waals surface area contributed by atoms with Crippen molar-refractivity contribution in [2.24, 2.45) is 0 Å². The van der Waals surface area contributed by atoms with E-state index >= 15 is 0 Å². The molecule has 0 fully saturated rings. The number of fused-ring (bicyclic) bond motifs is 1. The van der Waals surface area contributed by atoms with E-state index in [1.165, 1.54) is 0 Å². The molecule has 3 aromatic rings. The predicted molar refractivity (Wildman–Crippen MR) is 81.5 cm³/mol. The molecule has 0 aliphatic carbocycles. The maximum atomic E-state index is 10.5. The first-order chi connectivity index (χ1) is 9.58. The number of hydrogen-bond acceptors (Lipinski definition) is 2. The van der Waals surface area contributed by atoms with E-state index < -0.39 is 6.10 Å². The highest BCUT2D eigenvalue weighted by Crippen LogP contribution is 2.34. The first-order valence-electron chi connectivity index (χ1n) is 6.19. The summed E-state index contributed by atoms with van der Waals surface area (Å²) in [7, 11) is 0. The first-order valence-corrected chi connectivity index (χ1v) is 6.94. The molecule has 1 unspecified atom stereocenters. The zero-order chi connectivity index (χ0) is 14.3. The molecule has 1 heterocycles. The molecule has 0 bridgehead atoms. The summed E-state index contributed by atoms with van der Waals surface area (Å²) in [5.41, 5.74) is 2.16. The Kier molecular flexibility index (Phi) is 3.47. The second kappa shape index (κ2) is 5.13. The largest absolute Gasteiger partial charge is 0.456 e. The molecule has 4 heteroatoms. The van der Waals surface area contributed by atoms with E-state index in [4.69, 9.17) is 27.6 Å². The van der Waals surface area contributed by atoms with Crippen LogP contribution in [0.2, 0.25) is 10.0 Å². The molecule has 2 aromatic carbocycles. The van der Waals surface area contributed by atoms with Gasteiger partial charge in [-0.1, -0.05) is 47.5 Å². The molecule has 1 atom stereocenters. The normalized spacial score (nSPS) is 12.8. The van der Waals surface area contributed by atoms with E-state index in [-0.39, 0.29) is 0 Å². The van der Waals surface area contributed by atoms with E-state index in [1.54, 1.807) is 18.2 Å². The van der Waals surface area contributed by atoms with Gasteiger partial charge in [0.15, 0.2) is 5.58 Å². The predicted octanol–water partition coefficient (Wildman–Crippen LogP) is 5.13. The smallest absolute Gasteiger partial charge is 0.153 e. The molecule has 2 nitrogen and oxygen atoms in total. The van der Waals surface area contributed by atoms with Gasteiger partial charge in [-0.05, 0) is 36.2 Å². The molecule has 0 aliphatic rings. The van der Waals surface area contributed by atoms with Gasteiger partial charge in [-0.2, -0.15) is 0 Å². The van der Waals surface area contributed by atoms with Crippen LogP contribution in [0.3, 0.4) is 0 Å². The van der Waals surface area contributed by atoms with Crippen LogP contribution in [-0.2, 0) is 0 Å². The molecule has 1 N–H and O–H groups in total. The standard InChI is InChI=1S/C16H12Cl2O2/c1-9-11(5-3-6-12(9)17)15(19)14-8-10-4-2-7-13(18)16(10)20-14/h2-8,15,19H,1H3. The van der Waals surface area contributed by atoms with E-state index in [9.17, 15) is 5.11 Å². The lowest BCUT2D eigenvalue weighted by Gasteiger charge is -2.12. The maximum Gasteiger partial charge on any atom is 0.153 e. The Morgan fingerprint density at radius 2 is 1.75 bits per heavy atom. The number of para-hydroxylation sites is 1. The Bertz CT molecular complexity index is 777. The van der Waals surface area contributed by atoms with E-state index in [0.29, 0.717) is 21.4 Å². The quantitative estimate of drug-likeness (QED) is 0.712. The molecule has 0 amide bonds. The van der Waals surface area contributed by atoms with Crippen LogP contribution in [0.1, 0.15) is 23.0 Å². The van der Waals surface area contributed by atoms with Crippen LogP contribution in [0, 0.1) is 6.92 Å². The summed E-state index contributed by atoms with van der Waals surface area (Å²) in [4.78, 5) is 0. The first kappa shape index (κ1) is 13.5. The van der Waals surface area contributed by atoms with Crippen molar-refractivity contribution in [1.29, 1.82) is 0 Å². The molecule has 20 heavy (non-hydrogen) atoms. The third-order valence-electron chi connectivity index (χ3n) is 3.39. The molecule has 102 valence electrons. The van der Waals surface area contributed by atoms with E-state index in [1.807, 2.05) is 31.2 Å². The fraction of sp³-hybridized carbons (Fsp3) is 0.125. The number of aliphatic hydroxyl groups excluding tert-OH is 1. The minimum absolute atomic E-state index is 0.457. The summed E-state index contributed by atoms with van der Waals surface area (Å²) in [6.07, 6.45) is -0.864. The van der Waals surface area contributed by atoms with Crippen molar-refractivity contribution in [2.75, 3.05) is 0 Å². The zero-order valence-electron chi connectivity index (χ0n) is 10.7. The Balaban J connectivity index is 2.10. The Hall–Kier alpha value is -1.48. The van der Waals surface area contributed by atoms with Gasteiger partial charge in [0.2, 0.25) is 0 Å². The van der Waals surface area contributed by atoms with Crippen molar-refractivity contribution in [3.8, 4) is 0 Å². The Morgan fingerprint density at radius 3 is 2.50 bits per heavy atom. The summed E-state index contributed by atoms with van der Waals surface area (Å²) in [6, 6.07) is 12.7. The molecule has 3 rings (SSSR count). The number of hydrogen-bond donors (Lipinski definition) is 1. The monoisotopic (exact) mass is 306 g/mol. The summed E-state index contributed by atoms with van der Waals surface area (Å²) < 4.78 is 5.68.